The fraction of sp³-hybridized carbons (Fsp3) is 0.609. The van der Waals surface area contributed by atoms with Crippen molar-refractivity contribution in [1.82, 2.24) is 20.0 Å². The van der Waals surface area contributed by atoms with E-state index in [4.69, 9.17) is 4.74 Å². The number of rotatable bonds is 6. The lowest BCUT2D eigenvalue weighted by molar-refractivity contribution is -0.142. The van der Waals surface area contributed by atoms with E-state index in [1.807, 2.05) is 47.9 Å². The van der Waals surface area contributed by atoms with E-state index >= 15 is 0 Å². The number of ether oxygens (including phenoxy) is 1. The summed E-state index contributed by atoms with van der Waals surface area (Å²) in [6, 6.07) is 7.73. The average molecular weight is 430 g/mol. The minimum atomic E-state index is -0.249. The maximum atomic E-state index is 12.5. The summed E-state index contributed by atoms with van der Waals surface area (Å²) < 4.78 is 5.54. The summed E-state index contributed by atoms with van der Waals surface area (Å²) in [5.41, 5.74) is 1.80. The molecule has 0 radical (unpaired) electrons. The first-order valence-electron chi connectivity index (χ1n) is 11.3. The monoisotopic (exact) mass is 429 g/mol. The Labute approximate surface area is 185 Å². The molecule has 0 bridgehead atoms. The molecule has 1 aromatic carbocycles. The SMILES string of the molecule is CCN(CC)C(=O)c1ccc(CNC(=NC)N2CCN(C(=O)C3CCCO3)CC2)cc1. The van der Waals surface area contributed by atoms with Crippen molar-refractivity contribution in [1.29, 1.82) is 0 Å². The number of guanidine groups is 1. The summed E-state index contributed by atoms with van der Waals surface area (Å²) in [6.07, 6.45) is 1.56. The molecule has 2 heterocycles. The van der Waals surface area contributed by atoms with Crippen LogP contribution in [0.1, 0.15) is 42.6 Å². The van der Waals surface area contributed by atoms with Gasteiger partial charge in [0.15, 0.2) is 5.96 Å². The predicted molar refractivity (Wildman–Crippen MR) is 121 cm³/mol. The summed E-state index contributed by atoms with van der Waals surface area (Å²) in [5.74, 6) is 1.02. The van der Waals surface area contributed by atoms with E-state index in [1.54, 1.807) is 7.05 Å². The minimum Gasteiger partial charge on any atom is -0.368 e. The maximum Gasteiger partial charge on any atom is 0.253 e. The molecule has 1 atom stereocenters. The second-order valence-corrected chi connectivity index (χ2v) is 7.89. The molecule has 2 amide bonds. The summed E-state index contributed by atoms with van der Waals surface area (Å²) in [7, 11) is 1.78. The quantitative estimate of drug-likeness (QED) is 0.549. The van der Waals surface area contributed by atoms with Crippen molar-refractivity contribution in [3.8, 4) is 0 Å². The van der Waals surface area contributed by atoms with Gasteiger partial charge in [0, 0.05) is 65.0 Å². The van der Waals surface area contributed by atoms with Gasteiger partial charge in [0.25, 0.3) is 11.8 Å². The molecular weight excluding hydrogens is 394 g/mol. The van der Waals surface area contributed by atoms with Crippen LogP contribution in [0.4, 0.5) is 0 Å². The Morgan fingerprint density at radius 3 is 2.29 bits per heavy atom. The van der Waals surface area contributed by atoms with E-state index < -0.39 is 0 Å². The lowest BCUT2D eigenvalue weighted by Gasteiger charge is -2.37. The molecule has 0 aliphatic carbocycles. The van der Waals surface area contributed by atoms with E-state index in [-0.39, 0.29) is 17.9 Å². The third-order valence-corrected chi connectivity index (χ3v) is 6.01. The van der Waals surface area contributed by atoms with E-state index in [2.05, 4.69) is 15.2 Å². The highest BCUT2D eigenvalue weighted by atomic mass is 16.5. The number of aliphatic imine (C=N–C) groups is 1. The van der Waals surface area contributed by atoms with Gasteiger partial charge in [0.05, 0.1) is 0 Å². The van der Waals surface area contributed by atoms with Gasteiger partial charge in [-0.2, -0.15) is 0 Å². The largest absolute Gasteiger partial charge is 0.368 e. The van der Waals surface area contributed by atoms with Crippen molar-refractivity contribution in [2.24, 2.45) is 4.99 Å². The van der Waals surface area contributed by atoms with Crippen LogP contribution in [-0.4, -0.2) is 91.5 Å². The molecule has 8 heteroatoms. The van der Waals surface area contributed by atoms with Gasteiger partial charge in [-0.15, -0.1) is 0 Å². The van der Waals surface area contributed by atoms with Crippen LogP contribution < -0.4 is 5.32 Å². The van der Waals surface area contributed by atoms with Gasteiger partial charge in [0.1, 0.15) is 6.10 Å². The van der Waals surface area contributed by atoms with Crippen molar-refractivity contribution in [2.45, 2.75) is 39.3 Å². The molecule has 2 fully saturated rings. The summed E-state index contributed by atoms with van der Waals surface area (Å²) in [5, 5.41) is 3.40. The molecule has 1 aromatic rings. The lowest BCUT2D eigenvalue weighted by atomic mass is 10.1. The van der Waals surface area contributed by atoms with Crippen molar-refractivity contribution >= 4 is 17.8 Å². The number of hydrogen-bond acceptors (Lipinski definition) is 4. The zero-order valence-electron chi connectivity index (χ0n) is 19.0. The molecule has 1 unspecified atom stereocenters. The zero-order valence-corrected chi connectivity index (χ0v) is 19.0. The van der Waals surface area contributed by atoms with E-state index in [9.17, 15) is 9.59 Å². The third kappa shape index (κ3) is 5.76. The Balaban J connectivity index is 1.48. The summed E-state index contributed by atoms with van der Waals surface area (Å²) >= 11 is 0. The number of hydrogen-bond donors (Lipinski definition) is 1. The smallest absolute Gasteiger partial charge is 0.253 e. The van der Waals surface area contributed by atoms with Crippen LogP contribution in [0.5, 0.6) is 0 Å². The highest BCUT2D eigenvalue weighted by molar-refractivity contribution is 5.94. The van der Waals surface area contributed by atoms with Crippen molar-refractivity contribution in [3.05, 3.63) is 35.4 Å². The minimum absolute atomic E-state index is 0.0655. The van der Waals surface area contributed by atoms with Gasteiger partial charge in [-0.1, -0.05) is 12.1 Å². The van der Waals surface area contributed by atoms with E-state index in [0.717, 1.165) is 37.5 Å². The lowest BCUT2D eigenvalue weighted by Crippen LogP contribution is -2.55. The highest BCUT2D eigenvalue weighted by Crippen LogP contribution is 2.16. The number of carbonyl (C=O) groups is 2. The molecule has 31 heavy (non-hydrogen) atoms. The number of carbonyl (C=O) groups excluding carboxylic acids is 2. The van der Waals surface area contributed by atoms with Crippen LogP contribution in [0.2, 0.25) is 0 Å². The number of piperazine rings is 1. The fourth-order valence-electron chi connectivity index (χ4n) is 4.09. The first kappa shape index (κ1) is 23.1. The van der Waals surface area contributed by atoms with Crippen LogP contribution in [-0.2, 0) is 16.1 Å². The number of nitrogens with one attached hydrogen (secondary N) is 1. The first-order valence-corrected chi connectivity index (χ1v) is 11.3. The maximum absolute atomic E-state index is 12.5. The Hall–Kier alpha value is -2.61. The standard InChI is InChI=1S/C23H35N5O3/c1-4-26(5-2)21(29)19-10-8-18(9-11-19)17-25-23(24-3)28-14-12-27(13-15-28)22(30)20-7-6-16-31-20/h8-11,20H,4-7,12-17H2,1-3H3,(H,24,25). The second kappa shape index (κ2) is 11.1. The Kier molecular flexibility index (Phi) is 8.28. The molecule has 170 valence electrons. The molecule has 2 saturated heterocycles. The average Bonchev–Trinajstić information content (AvgIpc) is 3.35. The number of benzene rings is 1. The van der Waals surface area contributed by atoms with E-state index in [0.29, 0.717) is 44.9 Å². The molecule has 0 saturated carbocycles. The molecule has 2 aliphatic rings. The third-order valence-electron chi connectivity index (χ3n) is 6.01. The van der Waals surface area contributed by atoms with Crippen LogP contribution in [0.15, 0.2) is 29.3 Å². The molecule has 2 aliphatic heterocycles. The molecule has 3 rings (SSSR count). The van der Waals surface area contributed by atoms with Gasteiger partial charge in [-0.3, -0.25) is 14.6 Å². The molecule has 8 nitrogen and oxygen atoms in total. The van der Waals surface area contributed by atoms with Gasteiger partial charge in [0.2, 0.25) is 0 Å². The zero-order chi connectivity index (χ0) is 22.2. The predicted octanol–water partition coefficient (Wildman–Crippen LogP) is 1.57. The number of nitrogens with zero attached hydrogens (tertiary/aromatic N) is 4. The number of amides is 2. The van der Waals surface area contributed by atoms with Gasteiger partial charge < -0.3 is 24.8 Å². The van der Waals surface area contributed by atoms with Crippen molar-refractivity contribution in [3.63, 3.8) is 0 Å². The van der Waals surface area contributed by atoms with Crippen LogP contribution >= 0.6 is 0 Å². The van der Waals surface area contributed by atoms with Gasteiger partial charge in [-0.05, 0) is 44.4 Å². The normalized spacial score (nSPS) is 19.5. The fourth-order valence-corrected chi connectivity index (χ4v) is 4.09. The van der Waals surface area contributed by atoms with Crippen LogP contribution in [0.3, 0.4) is 0 Å². The topological polar surface area (TPSA) is 77.5 Å². The van der Waals surface area contributed by atoms with Gasteiger partial charge >= 0.3 is 0 Å². The Morgan fingerprint density at radius 2 is 1.74 bits per heavy atom. The van der Waals surface area contributed by atoms with Crippen molar-refractivity contribution in [2.75, 3.05) is 52.9 Å². The molecule has 1 N–H and O–H groups in total. The summed E-state index contributed by atoms with van der Waals surface area (Å²) in [4.78, 5) is 35.3. The van der Waals surface area contributed by atoms with E-state index in [1.165, 1.54) is 0 Å². The van der Waals surface area contributed by atoms with Crippen LogP contribution in [0, 0.1) is 0 Å². The Morgan fingerprint density at radius 1 is 1.10 bits per heavy atom. The summed E-state index contributed by atoms with van der Waals surface area (Å²) in [6.45, 7) is 9.57. The van der Waals surface area contributed by atoms with Crippen LogP contribution in [0.25, 0.3) is 0 Å². The molecular formula is C23H35N5O3. The highest BCUT2D eigenvalue weighted by Gasteiger charge is 2.30. The van der Waals surface area contributed by atoms with Crippen molar-refractivity contribution < 1.29 is 14.3 Å². The molecule has 0 spiro atoms. The Bertz CT molecular complexity index is 762. The first-order chi connectivity index (χ1) is 15.1. The molecule has 0 aromatic heterocycles. The van der Waals surface area contributed by atoms with Gasteiger partial charge in [-0.25, -0.2) is 0 Å². The second-order valence-electron chi connectivity index (χ2n) is 7.89.